The molecule has 100 valence electrons. The van der Waals surface area contributed by atoms with Gasteiger partial charge in [-0.05, 0) is 49.9 Å². The molecule has 1 aromatic carbocycles. The highest BCUT2D eigenvalue weighted by molar-refractivity contribution is 5.81. The summed E-state index contributed by atoms with van der Waals surface area (Å²) in [6.07, 6.45) is 3.37. The second kappa shape index (κ2) is 5.70. The van der Waals surface area contributed by atoms with E-state index >= 15 is 0 Å². The average molecular weight is 261 g/mol. The lowest BCUT2D eigenvalue weighted by atomic mass is 10.00. The molecule has 19 heavy (non-hydrogen) atoms. The molecule has 5 heteroatoms. The maximum Gasteiger partial charge on any atom is 0.240 e. The minimum atomic E-state index is -0.693. The molecule has 0 bridgehead atoms. The van der Waals surface area contributed by atoms with Crippen LogP contribution in [0.5, 0.6) is 0 Å². The number of amides is 1. The second-order valence-corrected chi connectivity index (χ2v) is 4.81. The van der Waals surface area contributed by atoms with E-state index in [1.165, 1.54) is 12.1 Å². The number of hydrogen-bond acceptors (Lipinski definition) is 3. The summed E-state index contributed by atoms with van der Waals surface area (Å²) in [4.78, 5) is 11.8. The molecule has 0 aliphatic heterocycles. The zero-order chi connectivity index (χ0) is 13.7. The van der Waals surface area contributed by atoms with Gasteiger partial charge in [-0.25, -0.2) is 4.39 Å². The van der Waals surface area contributed by atoms with Crippen molar-refractivity contribution in [2.24, 2.45) is 0 Å². The summed E-state index contributed by atoms with van der Waals surface area (Å²) in [6, 6.07) is 7.99. The lowest BCUT2D eigenvalue weighted by Crippen LogP contribution is -2.47. The Morgan fingerprint density at radius 1 is 1.32 bits per heavy atom. The zero-order valence-electron chi connectivity index (χ0n) is 10.6. The molecule has 2 rings (SSSR count). The molecule has 0 radical (unpaired) electrons. The lowest BCUT2D eigenvalue weighted by molar-refractivity contribution is -0.120. The normalized spacial score (nSPS) is 16.6. The van der Waals surface area contributed by atoms with Crippen molar-refractivity contribution in [2.45, 2.75) is 31.2 Å². The van der Waals surface area contributed by atoms with Crippen LogP contribution in [0.3, 0.4) is 0 Å². The van der Waals surface area contributed by atoms with Gasteiger partial charge in [0.1, 0.15) is 11.4 Å². The van der Waals surface area contributed by atoms with Gasteiger partial charge in [0, 0.05) is 5.69 Å². The Balaban J connectivity index is 1.85. The molecule has 0 spiro atoms. The molecule has 4 nitrogen and oxygen atoms in total. The van der Waals surface area contributed by atoms with Crippen molar-refractivity contribution in [3.05, 3.63) is 30.1 Å². The number of carbonyl (C=O) groups is 1. The predicted octanol–water partition coefficient (Wildman–Crippen LogP) is 2.19. The number of nitrogens with one attached hydrogen (secondary N) is 2. The van der Waals surface area contributed by atoms with Crippen molar-refractivity contribution in [3.63, 3.8) is 0 Å². The number of carbonyl (C=O) groups excluding carboxylic acids is 1. The van der Waals surface area contributed by atoms with Crippen LogP contribution >= 0.6 is 0 Å². The van der Waals surface area contributed by atoms with Gasteiger partial charge >= 0.3 is 0 Å². The Labute approximate surface area is 111 Å². The predicted molar refractivity (Wildman–Crippen MR) is 69.8 cm³/mol. The molecule has 1 amide bonds. The van der Waals surface area contributed by atoms with Crippen LogP contribution in [-0.2, 0) is 4.79 Å². The van der Waals surface area contributed by atoms with Crippen LogP contribution in [0.2, 0.25) is 0 Å². The fourth-order valence-corrected chi connectivity index (χ4v) is 2.30. The van der Waals surface area contributed by atoms with E-state index in [0.29, 0.717) is 18.5 Å². The summed E-state index contributed by atoms with van der Waals surface area (Å²) < 4.78 is 12.7. The smallest absolute Gasteiger partial charge is 0.240 e. The number of hydrogen-bond donors (Lipinski definition) is 2. The van der Waals surface area contributed by atoms with Crippen LogP contribution in [0.1, 0.15) is 25.7 Å². The van der Waals surface area contributed by atoms with Crippen LogP contribution in [0.4, 0.5) is 10.1 Å². The van der Waals surface area contributed by atoms with E-state index in [9.17, 15) is 9.18 Å². The molecule has 0 aromatic heterocycles. The molecule has 1 aliphatic rings. The van der Waals surface area contributed by atoms with Gasteiger partial charge in [-0.2, -0.15) is 5.26 Å². The standard InChI is InChI=1S/C14H16FN3O/c15-11-3-5-12(6-4-11)17-9-13(19)18-14(10-16)7-1-2-8-14/h3-6,17H,1-2,7-9H2,(H,18,19). The first-order chi connectivity index (χ1) is 9.13. The minimum Gasteiger partial charge on any atom is -0.376 e. The first kappa shape index (κ1) is 13.3. The zero-order valence-corrected chi connectivity index (χ0v) is 10.6. The number of benzene rings is 1. The Morgan fingerprint density at radius 3 is 2.53 bits per heavy atom. The Hall–Kier alpha value is -2.09. The molecular formula is C14H16FN3O. The van der Waals surface area contributed by atoms with Gasteiger partial charge < -0.3 is 10.6 Å². The van der Waals surface area contributed by atoms with Gasteiger partial charge in [-0.1, -0.05) is 0 Å². The van der Waals surface area contributed by atoms with E-state index in [2.05, 4.69) is 16.7 Å². The Morgan fingerprint density at radius 2 is 1.95 bits per heavy atom. The van der Waals surface area contributed by atoms with E-state index in [1.54, 1.807) is 12.1 Å². The third kappa shape index (κ3) is 3.44. The molecule has 2 N–H and O–H groups in total. The summed E-state index contributed by atoms with van der Waals surface area (Å²) in [5, 5.41) is 14.8. The second-order valence-electron chi connectivity index (χ2n) is 4.81. The topological polar surface area (TPSA) is 64.9 Å². The molecule has 0 heterocycles. The molecule has 1 aromatic rings. The molecule has 1 fully saturated rings. The summed E-state index contributed by atoms with van der Waals surface area (Å²) in [7, 11) is 0. The first-order valence-electron chi connectivity index (χ1n) is 6.35. The molecule has 0 atom stereocenters. The fraction of sp³-hybridized carbons (Fsp3) is 0.429. The number of nitrogens with zero attached hydrogens (tertiary/aromatic N) is 1. The number of anilines is 1. The van der Waals surface area contributed by atoms with Gasteiger partial charge in [0.25, 0.3) is 0 Å². The summed E-state index contributed by atoms with van der Waals surface area (Å²) >= 11 is 0. The van der Waals surface area contributed by atoms with Gasteiger partial charge in [0.05, 0.1) is 12.6 Å². The van der Waals surface area contributed by atoms with E-state index in [0.717, 1.165) is 12.8 Å². The molecule has 1 saturated carbocycles. The largest absolute Gasteiger partial charge is 0.376 e. The summed E-state index contributed by atoms with van der Waals surface area (Å²) in [5.41, 5.74) is -0.0179. The molecule has 0 saturated heterocycles. The first-order valence-corrected chi connectivity index (χ1v) is 6.35. The van der Waals surface area contributed by atoms with Crippen molar-refractivity contribution >= 4 is 11.6 Å². The number of halogens is 1. The van der Waals surface area contributed by atoms with Crippen LogP contribution < -0.4 is 10.6 Å². The molecule has 1 aliphatic carbocycles. The quantitative estimate of drug-likeness (QED) is 0.873. The lowest BCUT2D eigenvalue weighted by Gasteiger charge is -2.22. The fourth-order valence-electron chi connectivity index (χ4n) is 2.30. The van der Waals surface area contributed by atoms with Crippen molar-refractivity contribution in [1.29, 1.82) is 5.26 Å². The van der Waals surface area contributed by atoms with Gasteiger partial charge in [0.15, 0.2) is 0 Å². The van der Waals surface area contributed by atoms with Gasteiger partial charge in [-0.3, -0.25) is 4.79 Å². The SMILES string of the molecule is N#CC1(NC(=O)CNc2ccc(F)cc2)CCCC1. The van der Waals surface area contributed by atoms with Gasteiger partial charge in [-0.15, -0.1) is 0 Å². The van der Waals surface area contributed by atoms with Crippen molar-refractivity contribution in [1.82, 2.24) is 5.32 Å². The highest BCUT2D eigenvalue weighted by Crippen LogP contribution is 2.28. The highest BCUT2D eigenvalue weighted by Gasteiger charge is 2.35. The molecule has 0 unspecified atom stereocenters. The minimum absolute atomic E-state index is 0.0784. The van der Waals surface area contributed by atoms with E-state index in [1.807, 2.05) is 0 Å². The monoisotopic (exact) mass is 261 g/mol. The Kier molecular flexibility index (Phi) is 4.00. The van der Waals surface area contributed by atoms with Gasteiger partial charge in [0.2, 0.25) is 5.91 Å². The van der Waals surface area contributed by atoms with E-state index < -0.39 is 5.54 Å². The number of nitriles is 1. The number of rotatable bonds is 4. The molecular weight excluding hydrogens is 245 g/mol. The van der Waals surface area contributed by atoms with E-state index in [-0.39, 0.29) is 18.3 Å². The van der Waals surface area contributed by atoms with Crippen molar-refractivity contribution in [2.75, 3.05) is 11.9 Å². The maximum absolute atomic E-state index is 12.7. The third-order valence-electron chi connectivity index (χ3n) is 3.35. The van der Waals surface area contributed by atoms with Crippen LogP contribution in [-0.4, -0.2) is 18.0 Å². The Bertz CT molecular complexity index is 486. The summed E-state index contributed by atoms with van der Waals surface area (Å²) in [6.45, 7) is 0.0784. The van der Waals surface area contributed by atoms with Crippen molar-refractivity contribution < 1.29 is 9.18 Å². The van der Waals surface area contributed by atoms with Crippen LogP contribution in [0.15, 0.2) is 24.3 Å². The highest BCUT2D eigenvalue weighted by atomic mass is 19.1. The van der Waals surface area contributed by atoms with E-state index in [4.69, 9.17) is 5.26 Å². The van der Waals surface area contributed by atoms with Crippen LogP contribution in [0, 0.1) is 17.1 Å². The van der Waals surface area contributed by atoms with Crippen LogP contribution in [0.25, 0.3) is 0 Å². The summed E-state index contributed by atoms with van der Waals surface area (Å²) in [5.74, 6) is -0.530. The average Bonchev–Trinajstić information content (AvgIpc) is 2.87. The van der Waals surface area contributed by atoms with Crippen molar-refractivity contribution in [3.8, 4) is 6.07 Å². The third-order valence-corrected chi connectivity index (χ3v) is 3.35. The maximum atomic E-state index is 12.7.